The standard InChI is InChI=1S/C15H18ClFN2O/c1-10(11-5-7-20-9-11)19-14-3-2-12(17)8-13(14)18-15(19)4-6-16/h2-3,8,10-11H,4-7,9H2,1H3. The van der Waals surface area contributed by atoms with Crippen molar-refractivity contribution in [2.24, 2.45) is 5.92 Å². The Hall–Kier alpha value is -1.13. The van der Waals surface area contributed by atoms with Gasteiger partial charge in [-0.3, -0.25) is 0 Å². The van der Waals surface area contributed by atoms with Gasteiger partial charge in [-0.05, 0) is 25.5 Å². The lowest BCUT2D eigenvalue weighted by Gasteiger charge is -2.22. The molecule has 0 radical (unpaired) electrons. The predicted molar refractivity (Wildman–Crippen MR) is 77.8 cm³/mol. The summed E-state index contributed by atoms with van der Waals surface area (Å²) < 4.78 is 21.1. The highest BCUT2D eigenvalue weighted by Crippen LogP contribution is 2.31. The molecular formula is C15H18ClFN2O. The molecule has 2 atom stereocenters. The number of imidazole rings is 1. The van der Waals surface area contributed by atoms with Crippen LogP contribution in [-0.4, -0.2) is 28.6 Å². The number of hydrogen-bond donors (Lipinski definition) is 0. The summed E-state index contributed by atoms with van der Waals surface area (Å²) in [5.41, 5.74) is 1.68. The van der Waals surface area contributed by atoms with E-state index >= 15 is 0 Å². The Morgan fingerprint density at radius 2 is 2.40 bits per heavy atom. The molecule has 108 valence electrons. The van der Waals surface area contributed by atoms with Crippen molar-refractivity contribution in [2.45, 2.75) is 25.8 Å². The van der Waals surface area contributed by atoms with E-state index in [4.69, 9.17) is 16.3 Å². The fourth-order valence-electron chi connectivity index (χ4n) is 2.98. The molecule has 2 aromatic rings. The third-order valence-corrected chi connectivity index (χ3v) is 4.29. The topological polar surface area (TPSA) is 27.1 Å². The van der Waals surface area contributed by atoms with E-state index < -0.39 is 0 Å². The lowest BCUT2D eigenvalue weighted by Crippen LogP contribution is -2.19. The number of aromatic nitrogens is 2. The maximum absolute atomic E-state index is 13.4. The third-order valence-electron chi connectivity index (χ3n) is 4.10. The van der Waals surface area contributed by atoms with Gasteiger partial charge in [0.1, 0.15) is 11.6 Å². The summed E-state index contributed by atoms with van der Waals surface area (Å²) in [6, 6.07) is 5.07. The Balaban J connectivity index is 2.07. The second-order valence-corrected chi connectivity index (χ2v) is 5.71. The zero-order chi connectivity index (χ0) is 14.1. The molecule has 0 aliphatic carbocycles. The minimum absolute atomic E-state index is 0.253. The van der Waals surface area contributed by atoms with Crippen molar-refractivity contribution in [3.8, 4) is 0 Å². The van der Waals surface area contributed by atoms with Crippen molar-refractivity contribution >= 4 is 22.6 Å². The molecule has 5 heteroatoms. The first-order chi connectivity index (χ1) is 9.70. The smallest absolute Gasteiger partial charge is 0.125 e. The Morgan fingerprint density at radius 1 is 1.55 bits per heavy atom. The SMILES string of the molecule is CC(C1CCOC1)n1c(CCCl)nc2cc(F)ccc21. The summed E-state index contributed by atoms with van der Waals surface area (Å²) in [5, 5.41) is 0. The molecule has 1 aliphatic heterocycles. The second kappa shape index (κ2) is 5.70. The Morgan fingerprint density at radius 3 is 3.10 bits per heavy atom. The van der Waals surface area contributed by atoms with Crippen LogP contribution in [0.1, 0.15) is 25.2 Å². The molecule has 20 heavy (non-hydrogen) atoms. The molecule has 3 nitrogen and oxygen atoms in total. The van der Waals surface area contributed by atoms with E-state index in [1.807, 2.05) is 6.07 Å². The number of nitrogens with zero attached hydrogens (tertiary/aromatic N) is 2. The number of benzene rings is 1. The molecule has 0 amide bonds. The average molecular weight is 297 g/mol. The van der Waals surface area contributed by atoms with Gasteiger partial charge in [0, 0.05) is 36.9 Å². The summed E-state index contributed by atoms with van der Waals surface area (Å²) in [4.78, 5) is 4.55. The van der Waals surface area contributed by atoms with Crippen LogP contribution in [0.25, 0.3) is 11.0 Å². The summed E-state index contributed by atoms with van der Waals surface area (Å²) in [6.07, 6.45) is 1.75. The molecule has 0 spiro atoms. The van der Waals surface area contributed by atoms with Crippen molar-refractivity contribution in [1.82, 2.24) is 9.55 Å². The number of halogens is 2. The largest absolute Gasteiger partial charge is 0.381 e. The summed E-state index contributed by atoms with van der Waals surface area (Å²) in [5.74, 6) is 1.67. The minimum atomic E-state index is -0.253. The molecule has 1 saturated heterocycles. The van der Waals surface area contributed by atoms with Gasteiger partial charge in [0.2, 0.25) is 0 Å². The number of alkyl halides is 1. The van der Waals surface area contributed by atoms with Gasteiger partial charge in [-0.2, -0.15) is 0 Å². The summed E-state index contributed by atoms with van der Waals surface area (Å²) >= 11 is 5.88. The summed E-state index contributed by atoms with van der Waals surface area (Å²) in [6.45, 7) is 3.78. The highest BCUT2D eigenvalue weighted by molar-refractivity contribution is 6.17. The average Bonchev–Trinajstić information content (AvgIpc) is 3.05. The van der Waals surface area contributed by atoms with E-state index in [1.165, 1.54) is 12.1 Å². The lowest BCUT2D eigenvalue weighted by molar-refractivity contribution is 0.175. The zero-order valence-corrected chi connectivity index (χ0v) is 12.2. The molecule has 0 N–H and O–H groups in total. The predicted octanol–water partition coefficient (Wildman–Crippen LogP) is 3.55. The van der Waals surface area contributed by atoms with Crippen LogP contribution in [0, 0.1) is 11.7 Å². The van der Waals surface area contributed by atoms with Crippen LogP contribution in [0.5, 0.6) is 0 Å². The first-order valence-electron chi connectivity index (χ1n) is 7.00. The van der Waals surface area contributed by atoms with E-state index in [-0.39, 0.29) is 11.9 Å². The lowest BCUT2D eigenvalue weighted by atomic mass is 10.00. The maximum Gasteiger partial charge on any atom is 0.125 e. The molecule has 1 aromatic heterocycles. The van der Waals surface area contributed by atoms with Crippen LogP contribution in [0.3, 0.4) is 0 Å². The van der Waals surface area contributed by atoms with E-state index in [1.54, 1.807) is 0 Å². The summed E-state index contributed by atoms with van der Waals surface area (Å²) in [7, 11) is 0. The van der Waals surface area contributed by atoms with Crippen molar-refractivity contribution in [3.05, 3.63) is 29.8 Å². The van der Waals surface area contributed by atoms with Crippen LogP contribution in [-0.2, 0) is 11.2 Å². The molecule has 0 saturated carbocycles. The number of aryl methyl sites for hydroxylation is 1. The van der Waals surface area contributed by atoms with Crippen LogP contribution in [0.4, 0.5) is 4.39 Å². The van der Waals surface area contributed by atoms with E-state index in [9.17, 15) is 4.39 Å². The zero-order valence-electron chi connectivity index (χ0n) is 11.5. The van der Waals surface area contributed by atoms with Gasteiger partial charge in [-0.15, -0.1) is 11.6 Å². The number of fused-ring (bicyclic) bond motifs is 1. The Labute approximate surface area is 122 Å². The maximum atomic E-state index is 13.4. The van der Waals surface area contributed by atoms with Gasteiger partial charge in [-0.1, -0.05) is 0 Å². The van der Waals surface area contributed by atoms with E-state index in [0.29, 0.717) is 23.7 Å². The first-order valence-corrected chi connectivity index (χ1v) is 7.54. The van der Waals surface area contributed by atoms with Crippen molar-refractivity contribution in [2.75, 3.05) is 19.1 Å². The van der Waals surface area contributed by atoms with Gasteiger partial charge < -0.3 is 9.30 Å². The van der Waals surface area contributed by atoms with Crippen LogP contribution >= 0.6 is 11.6 Å². The van der Waals surface area contributed by atoms with Crippen molar-refractivity contribution in [3.63, 3.8) is 0 Å². The van der Waals surface area contributed by atoms with Crippen molar-refractivity contribution in [1.29, 1.82) is 0 Å². The van der Waals surface area contributed by atoms with Gasteiger partial charge in [0.05, 0.1) is 17.6 Å². The Kier molecular flexibility index (Phi) is 3.94. The highest BCUT2D eigenvalue weighted by atomic mass is 35.5. The molecule has 1 aliphatic rings. The van der Waals surface area contributed by atoms with Crippen LogP contribution < -0.4 is 0 Å². The van der Waals surface area contributed by atoms with E-state index in [2.05, 4.69) is 16.5 Å². The van der Waals surface area contributed by atoms with E-state index in [0.717, 1.165) is 31.0 Å². The van der Waals surface area contributed by atoms with Gasteiger partial charge in [-0.25, -0.2) is 9.37 Å². The fraction of sp³-hybridized carbons (Fsp3) is 0.533. The molecule has 3 rings (SSSR count). The molecule has 1 aromatic carbocycles. The normalized spacial score (nSPS) is 20.6. The molecule has 2 unspecified atom stereocenters. The fourth-order valence-corrected chi connectivity index (χ4v) is 3.15. The molecule has 2 heterocycles. The first kappa shape index (κ1) is 13.8. The highest BCUT2D eigenvalue weighted by Gasteiger charge is 2.26. The number of rotatable bonds is 4. The van der Waals surface area contributed by atoms with Gasteiger partial charge >= 0.3 is 0 Å². The molecular weight excluding hydrogens is 279 g/mol. The van der Waals surface area contributed by atoms with Gasteiger partial charge in [0.15, 0.2) is 0 Å². The molecule has 0 bridgehead atoms. The van der Waals surface area contributed by atoms with Crippen molar-refractivity contribution < 1.29 is 9.13 Å². The quantitative estimate of drug-likeness (QED) is 0.807. The second-order valence-electron chi connectivity index (χ2n) is 5.33. The third kappa shape index (κ3) is 2.42. The molecule has 1 fully saturated rings. The van der Waals surface area contributed by atoms with Gasteiger partial charge in [0.25, 0.3) is 0 Å². The minimum Gasteiger partial charge on any atom is -0.381 e. The van der Waals surface area contributed by atoms with Crippen LogP contribution in [0.2, 0.25) is 0 Å². The Bertz CT molecular complexity index is 607. The number of ether oxygens (including phenoxy) is 1. The number of hydrogen-bond acceptors (Lipinski definition) is 2. The van der Waals surface area contributed by atoms with Crippen LogP contribution in [0.15, 0.2) is 18.2 Å². The monoisotopic (exact) mass is 296 g/mol.